The highest BCUT2D eigenvalue weighted by Crippen LogP contribution is 2.28. The number of nitrogens with zero attached hydrogens (tertiary/aromatic N) is 1. The number of rotatable bonds is 5. The molecule has 2 aromatic rings. The molecule has 0 saturated heterocycles. The van der Waals surface area contributed by atoms with Crippen molar-refractivity contribution in [2.45, 2.75) is 20.0 Å². The van der Waals surface area contributed by atoms with Crippen molar-refractivity contribution in [3.63, 3.8) is 0 Å². The molecule has 0 aromatic heterocycles. The van der Waals surface area contributed by atoms with Crippen LogP contribution in [0.2, 0.25) is 0 Å². The van der Waals surface area contributed by atoms with Gasteiger partial charge in [0.1, 0.15) is 5.75 Å². The van der Waals surface area contributed by atoms with Crippen LogP contribution < -0.4 is 9.64 Å². The number of anilines is 1. The minimum Gasteiger partial charge on any atom is -0.495 e. The van der Waals surface area contributed by atoms with Crippen LogP contribution in [0.25, 0.3) is 0 Å². The van der Waals surface area contributed by atoms with Crippen LogP contribution in [0.1, 0.15) is 22.8 Å². The highest BCUT2D eigenvalue weighted by atomic mass is 16.5. The number of para-hydroxylation sites is 2. The molecule has 0 fully saturated rings. The average Bonchev–Trinajstić information content (AvgIpc) is 2.46. The summed E-state index contributed by atoms with van der Waals surface area (Å²) in [6, 6.07) is 14.0. The van der Waals surface area contributed by atoms with Gasteiger partial charge in [0.2, 0.25) is 0 Å². The predicted octanol–water partition coefficient (Wildman–Crippen LogP) is 3.48. The van der Waals surface area contributed by atoms with Crippen LogP contribution in [0.5, 0.6) is 5.75 Å². The Hall–Kier alpha value is -2.00. The Morgan fingerprint density at radius 3 is 2.52 bits per heavy atom. The molecule has 0 amide bonds. The first-order chi connectivity index (χ1) is 10.0. The van der Waals surface area contributed by atoms with Gasteiger partial charge in [-0.2, -0.15) is 0 Å². The molecule has 0 aliphatic rings. The zero-order chi connectivity index (χ0) is 15.4. The first-order valence-corrected chi connectivity index (χ1v) is 7.12. The molecule has 1 N–H and O–H groups in total. The van der Waals surface area contributed by atoms with E-state index in [4.69, 9.17) is 4.74 Å². The number of aliphatic hydroxyl groups excluding tert-OH is 1. The maximum atomic E-state index is 10.5. The third-order valence-corrected chi connectivity index (χ3v) is 3.73. The summed E-state index contributed by atoms with van der Waals surface area (Å²) >= 11 is 0. The van der Waals surface area contributed by atoms with Gasteiger partial charge >= 0.3 is 0 Å². The number of ether oxygens (including phenoxy) is 1. The Bertz CT molecular complexity index is 610. The van der Waals surface area contributed by atoms with Crippen molar-refractivity contribution in [1.82, 2.24) is 0 Å². The molecule has 0 spiro atoms. The summed E-state index contributed by atoms with van der Waals surface area (Å²) in [5.74, 6) is 0.813. The molecule has 2 aromatic carbocycles. The molecule has 112 valence electrons. The number of hydrogen-bond acceptors (Lipinski definition) is 3. The van der Waals surface area contributed by atoms with Gasteiger partial charge in [-0.05, 0) is 37.1 Å². The molecule has 21 heavy (non-hydrogen) atoms. The van der Waals surface area contributed by atoms with E-state index in [0.29, 0.717) is 6.54 Å². The third-order valence-electron chi connectivity index (χ3n) is 3.73. The SMILES string of the molecule is COc1ccccc1N(C)CC(O)c1ccc(C)cc1C. The summed E-state index contributed by atoms with van der Waals surface area (Å²) in [7, 11) is 3.62. The molecular weight excluding hydrogens is 262 g/mol. The van der Waals surface area contributed by atoms with E-state index in [1.165, 1.54) is 5.56 Å². The molecular formula is C18H23NO2. The van der Waals surface area contributed by atoms with Gasteiger partial charge in [-0.1, -0.05) is 35.9 Å². The summed E-state index contributed by atoms with van der Waals surface area (Å²) in [6.07, 6.45) is -0.527. The molecule has 0 aliphatic heterocycles. The lowest BCUT2D eigenvalue weighted by molar-refractivity contribution is 0.184. The number of benzene rings is 2. The third kappa shape index (κ3) is 3.56. The van der Waals surface area contributed by atoms with Gasteiger partial charge in [-0.3, -0.25) is 0 Å². The first-order valence-electron chi connectivity index (χ1n) is 7.12. The smallest absolute Gasteiger partial charge is 0.142 e. The molecule has 3 nitrogen and oxygen atoms in total. The molecule has 0 heterocycles. The molecule has 0 radical (unpaired) electrons. The lowest BCUT2D eigenvalue weighted by atomic mass is 10.0. The molecule has 0 saturated carbocycles. The fraction of sp³-hybridized carbons (Fsp3) is 0.333. The van der Waals surface area contributed by atoms with Crippen LogP contribution in [0.15, 0.2) is 42.5 Å². The van der Waals surface area contributed by atoms with E-state index < -0.39 is 6.10 Å². The standard InChI is InChI=1S/C18H23NO2/c1-13-9-10-15(14(2)11-13)17(20)12-19(3)16-7-5-6-8-18(16)21-4/h5-11,17,20H,12H2,1-4H3. The van der Waals surface area contributed by atoms with Gasteiger partial charge in [0.25, 0.3) is 0 Å². The van der Waals surface area contributed by atoms with E-state index in [1.807, 2.05) is 55.3 Å². The second-order valence-electron chi connectivity index (χ2n) is 5.43. The van der Waals surface area contributed by atoms with Crippen molar-refractivity contribution in [3.8, 4) is 5.75 Å². The van der Waals surface area contributed by atoms with Crippen LogP contribution in [0, 0.1) is 13.8 Å². The zero-order valence-electron chi connectivity index (χ0n) is 13.1. The van der Waals surface area contributed by atoms with Crippen molar-refractivity contribution >= 4 is 5.69 Å². The normalized spacial score (nSPS) is 12.0. The van der Waals surface area contributed by atoms with Crippen molar-refractivity contribution in [2.24, 2.45) is 0 Å². The Kier molecular flexibility index (Phi) is 4.86. The number of hydrogen-bond donors (Lipinski definition) is 1. The Labute approximate surface area is 126 Å². The van der Waals surface area contributed by atoms with E-state index in [2.05, 4.69) is 13.0 Å². The largest absolute Gasteiger partial charge is 0.495 e. The minimum absolute atomic E-state index is 0.518. The maximum absolute atomic E-state index is 10.5. The topological polar surface area (TPSA) is 32.7 Å². The van der Waals surface area contributed by atoms with Gasteiger partial charge in [-0.25, -0.2) is 0 Å². The van der Waals surface area contributed by atoms with Gasteiger partial charge in [0.05, 0.1) is 18.9 Å². The molecule has 0 bridgehead atoms. The predicted molar refractivity (Wildman–Crippen MR) is 87.1 cm³/mol. The Morgan fingerprint density at radius 1 is 1.14 bits per heavy atom. The van der Waals surface area contributed by atoms with Gasteiger partial charge in [0.15, 0.2) is 0 Å². The Balaban J connectivity index is 2.16. The lowest BCUT2D eigenvalue weighted by Crippen LogP contribution is -2.25. The maximum Gasteiger partial charge on any atom is 0.142 e. The van der Waals surface area contributed by atoms with Crippen LogP contribution >= 0.6 is 0 Å². The minimum atomic E-state index is -0.527. The molecule has 3 heteroatoms. The summed E-state index contributed by atoms with van der Waals surface area (Å²) < 4.78 is 5.37. The van der Waals surface area contributed by atoms with Crippen LogP contribution in [0.4, 0.5) is 5.69 Å². The highest BCUT2D eigenvalue weighted by Gasteiger charge is 2.15. The molecule has 2 rings (SSSR count). The summed E-state index contributed by atoms with van der Waals surface area (Å²) in [5.41, 5.74) is 4.28. The summed E-state index contributed by atoms with van der Waals surface area (Å²) in [4.78, 5) is 2.02. The molecule has 1 atom stereocenters. The van der Waals surface area contributed by atoms with E-state index in [1.54, 1.807) is 7.11 Å². The number of likely N-dealkylation sites (N-methyl/N-ethyl adjacent to an activating group) is 1. The van der Waals surface area contributed by atoms with E-state index in [0.717, 1.165) is 22.6 Å². The number of aryl methyl sites for hydroxylation is 2. The Morgan fingerprint density at radius 2 is 1.86 bits per heavy atom. The zero-order valence-corrected chi connectivity index (χ0v) is 13.1. The van der Waals surface area contributed by atoms with Crippen LogP contribution in [-0.2, 0) is 0 Å². The van der Waals surface area contributed by atoms with Crippen LogP contribution in [-0.4, -0.2) is 25.8 Å². The highest BCUT2D eigenvalue weighted by molar-refractivity contribution is 5.58. The second kappa shape index (κ2) is 6.64. The fourth-order valence-corrected chi connectivity index (χ4v) is 2.60. The van der Waals surface area contributed by atoms with Crippen molar-refractivity contribution in [2.75, 3.05) is 25.6 Å². The van der Waals surface area contributed by atoms with Gasteiger partial charge < -0.3 is 14.7 Å². The van der Waals surface area contributed by atoms with Crippen LogP contribution in [0.3, 0.4) is 0 Å². The number of aliphatic hydroxyl groups is 1. The fourth-order valence-electron chi connectivity index (χ4n) is 2.60. The average molecular weight is 285 g/mol. The van der Waals surface area contributed by atoms with E-state index in [9.17, 15) is 5.11 Å². The monoisotopic (exact) mass is 285 g/mol. The van der Waals surface area contributed by atoms with Gasteiger partial charge in [-0.15, -0.1) is 0 Å². The number of methoxy groups -OCH3 is 1. The first kappa shape index (κ1) is 15.4. The van der Waals surface area contributed by atoms with E-state index >= 15 is 0 Å². The van der Waals surface area contributed by atoms with Crippen molar-refractivity contribution < 1.29 is 9.84 Å². The second-order valence-corrected chi connectivity index (χ2v) is 5.43. The lowest BCUT2D eigenvalue weighted by Gasteiger charge is -2.25. The van der Waals surface area contributed by atoms with Crippen molar-refractivity contribution in [3.05, 3.63) is 59.2 Å². The summed E-state index contributed by atoms with van der Waals surface area (Å²) in [5, 5.41) is 10.5. The van der Waals surface area contributed by atoms with Gasteiger partial charge in [0, 0.05) is 13.6 Å². The summed E-state index contributed by atoms with van der Waals surface area (Å²) in [6.45, 7) is 4.61. The quantitative estimate of drug-likeness (QED) is 0.913. The van der Waals surface area contributed by atoms with E-state index in [-0.39, 0.29) is 0 Å². The van der Waals surface area contributed by atoms with Crippen molar-refractivity contribution in [1.29, 1.82) is 0 Å². The molecule has 0 aliphatic carbocycles. The molecule has 1 unspecified atom stereocenters.